The molecule has 0 N–H and O–H groups in total. The molecule has 0 spiro atoms. The molecule has 0 unspecified atom stereocenters. The van der Waals surface area contributed by atoms with Gasteiger partial charge in [0.2, 0.25) is 0 Å². The molecule has 0 aliphatic carbocycles. The number of hydrogen-bond acceptors (Lipinski definition) is 0. The third kappa shape index (κ3) is 4.95. The van der Waals surface area contributed by atoms with Gasteiger partial charge in [-0.25, -0.2) is 0 Å². The van der Waals surface area contributed by atoms with E-state index in [0.717, 1.165) is 0 Å². The van der Waals surface area contributed by atoms with Crippen molar-refractivity contribution in [3.8, 4) is 0 Å². The Kier molecular flexibility index (Phi) is 8.36. The Balaban J connectivity index is 6.56. The zero-order valence-electron chi connectivity index (χ0n) is 13.5. The van der Waals surface area contributed by atoms with Gasteiger partial charge < -0.3 is 0 Å². The minimum atomic E-state index is -8.64. The minimum absolute atomic E-state index is 1.66. The van der Waals surface area contributed by atoms with E-state index < -0.39 is 72.2 Å². The zero-order valence-corrected chi connectivity index (χ0v) is 17.3. The zero-order chi connectivity index (χ0) is 25.9. The van der Waals surface area contributed by atoms with E-state index in [1.807, 2.05) is 0 Å². The van der Waals surface area contributed by atoms with E-state index in [9.17, 15) is 74.6 Å². The standard InChI is InChI=1S/C10H4F17.3ClH.Ti/c1-2-3(11,12)4(13,14)5(15,16)6(17,18)7(19,20)8(21,22)9(23,24)10(25,26)27;;;;/h1-2H2;3*1H;/q;;;;+3/p-3. The Morgan fingerprint density at radius 1 is 0.419 bits per heavy atom. The normalized spacial score (nSPS) is 16.6. The van der Waals surface area contributed by atoms with Crippen LogP contribution in [-0.2, 0) is 13.4 Å². The van der Waals surface area contributed by atoms with E-state index in [1.165, 1.54) is 0 Å². The van der Waals surface area contributed by atoms with Gasteiger partial charge in [0.15, 0.2) is 0 Å². The van der Waals surface area contributed by atoms with Crippen molar-refractivity contribution in [1.29, 1.82) is 0 Å². The first-order valence-corrected chi connectivity index (χ1v) is 14.3. The SMILES string of the molecule is FC(F)(F)C(F)(F)C(F)(F)C(F)(F)C(F)(F)C(F)(F)C(F)(F)C(F)(F)C[CH2][Ti]([Cl])([Cl])[Cl]. The molecule has 188 valence electrons. The van der Waals surface area contributed by atoms with Gasteiger partial charge in [0.05, 0.1) is 0 Å². The van der Waals surface area contributed by atoms with Gasteiger partial charge in [0, 0.05) is 0 Å². The second-order valence-corrected chi connectivity index (χ2v) is 18.8. The van der Waals surface area contributed by atoms with Crippen LogP contribution in [-0.4, -0.2) is 47.6 Å². The molecule has 0 aliphatic heterocycles. The van der Waals surface area contributed by atoms with Gasteiger partial charge in [-0.15, -0.1) is 0 Å². The summed E-state index contributed by atoms with van der Waals surface area (Å²) in [7, 11) is 15.0. The molecule has 0 saturated carbocycles. The summed E-state index contributed by atoms with van der Waals surface area (Å²) in [5.74, 6) is -56.5. The maximum absolute atomic E-state index is 13.4. The van der Waals surface area contributed by atoms with Crippen LogP contribution in [0.1, 0.15) is 6.42 Å². The summed E-state index contributed by atoms with van der Waals surface area (Å²) >= 11 is -4.89. The van der Waals surface area contributed by atoms with Crippen LogP contribution in [0.25, 0.3) is 0 Å². The molecule has 0 radical (unpaired) electrons. The third-order valence-corrected chi connectivity index (χ3v) is 7.12. The average molecular weight is 601 g/mol. The van der Waals surface area contributed by atoms with Gasteiger partial charge in [-0.3, -0.25) is 0 Å². The summed E-state index contributed by atoms with van der Waals surface area (Å²) in [6, 6.07) is 0. The molecule has 0 amide bonds. The van der Waals surface area contributed by atoms with Crippen molar-refractivity contribution in [1.82, 2.24) is 0 Å². The first-order chi connectivity index (χ1) is 13.0. The first kappa shape index (κ1) is 31.4. The van der Waals surface area contributed by atoms with Crippen LogP contribution in [0.3, 0.4) is 0 Å². The van der Waals surface area contributed by atoms with Crippen LogP contribution in [0.5, 0.6) is 0 Å². The molecule has 0 aromatic heterocycles. The number of alkyl halides is 17. The van der Waals surface area contributed by atoms with Crippen molar-refractivity contribution >= 4 is 27.9 Å². The van der Waals surface area contributed by atoms with Gasteiger partial charge >= 0.3 is 175 Å². The van der Waals surface area contributed by atoms with Crippen LogP contribution < -0.4 is 0 Å². The van der Waals surface area contributed by atoms with Gasteiger partial charge in [-0.2, -0.15) is 0 Å². The summed E-state index contributed by atoms with van der Waals surface area (Å²) in [5.41, 5.74) is 0. The molecule has 0 aliphatic rings. The molecule has 0 rings (SSSR count). The van der Waals surface area contributed by atoms with Crippen molar-refractivity contribution in [2.75, 3.05) is 0 Å². The van der Waals surface area contributed by atoms with E-state index in [0.29, 0.717) is 0 Å². The van der Waals surface area contributed by atoms with Crippen molar-refractivity contribution in [3.05, 3.63) is 0 Å². The van der Waals surface area contributed by atoms with Gasteiger partial charge in [-0.05, 0) is 0 Å². The van der Waals surface area contributed by atoms with E-state index >= 15 is 0 Å². The van der Waals surface area contributed by atoms with Crippen molar-refractivity contribution in [2.45, 2.75) is 58.8 Å². The van der Waals surface area contributed by atoms with Crippen LogP contribution in [0.15, 0.2) is 0 Å². The molecular weight excluding hydrogens is 597 g/mol. The summed E-state index contributed by atoms with van der Waals surface area (Å²) in [6.45, 7) is 0. The Morgan fingerprint density at radius 2 is 0.677 bits per heavy atom. The topological polar surface area (TPSA) is 0 Å². The van der Waals surface area contributed by atoms with Gasteiger partial charge in [0.25, 0.3) is 0 Å². The first-order valence-electron chi connectivity index (χ1n) is 6.74. The molecule has 0 fully saturated rings. The Hall–Kier alpha value is 0.394. The molecule has 0 nitrogen and oxygen atoms in total. The molecule has 0 heterocycles. The Labute approximate surface area is 174 Å². The monoisotopic (exact) mass is 600 g/mol. The predicted molar refractivity (Wildman–Crippen MR) is 67.7 cm³/mol. The van der Waals surface area contributed by atoms with Crippen LogP contribution in [0.4, 0.5) is 74.6 Å². The maximum atomic E-state index is 13.4. The molecular formula is C10H4Cl3F17Ti. The Morgan fingerprint density at radius 3 is 0.935 bits per heavy atom. The fraction of sp³-hybridized carbons (Fsp3) is 1.00. The fourth-order valence-electron chi connectivity index (χ4n) is 1.65. The van der Waals surface area contributed by atoms with Crippen molar-refractivity contribution < 1.29 is 88.0 Å². The van der Waals surface area contributed by atoms with Gasteiger partial charge in [-0.1, -0.05) is 0 Å². The second-order valence-electron chi connectivity index (χ2n) is 5.76. The molecule has 0 atom stereocenters. The van der Waals surface area contributed by atoms with Crippen molar-refractivity contribution in [2.24, 2.45) is 0 Å². The van der Waals surface area contributed by atoms with Crippen LogP contribution >= 0.6 is 27.9 Å². The third-order valence-electron chi connectivity index (χ3n) is 3.51. The molecule has 0 saturated heterocycles. The van der Waals surface area contributed by atoms with Crippen LogP contribution in [0.2, 0.25) is 4.73 Å². The molecule has 0 bridgehead atoms. The number of hydrogen-bond donors (Lipinski definition) is 0. The van der Waals surface area contributed by atoms with E-state index in [4.69, 9.17) is 27.9 Å². The van der Waals surface area contributed by atoms with E-state index in [2.05, 4.69) is 0 Å². The molecule has 0 aromatic carbocycles. The number of halogens is 20. The van der Waals surface area contributed by atoms with E-state index in [-0.39, 0.29) is 0 Å². The van der Waals surface area contributed by atoms with E-state index in [1.54, 1.807) is 0 Å². The Bertz CT molecular complexity index is 650. The summed E-state index contributed by atoms with van der Waals surface area (Å²) < 4.78 is 219. The predicted octanol–water partition coefficient (Wildman–Crippen LogP) is 8.42. The average Bonchev–Trinajstić information content (AvgIpc) is 2.50. The summed E-state index contributed by atoms with van der Waals surface area (Å²) in [6.07, 6.45) is -10.5. The van der Waals surface area contributed by atoms with Gasteiger partial charge in [0.1, 0.15) is 0 Å². The number of rotatable bonds is 9. The molecule has 31 heavy (non-hydrogen) atoms. The second kappa shape index (κ2) is 8.26. The van der Waals surface area contributed by atoms with Crippen molar-refractivity contribution in [3.63, 3.8) is 0 Å². The quantitative estimate of drug-likeness (QED) is 0.184. The summed E-state index contributed by atoms with van der Waals surface area (Å²) in [4.78, 5) is 0. The molecule has 0 aromatic rings. The molecule has 21 heteroatoms. The van der Waals surface area contributed by atoms with Crippen LogP contribution in [0, 0.1) is 0 Å². The fourth-order valence-corrected chi connectivity index (χ4v) is 3.75. The summed E-state index contributed by atoms with van der Waals surface area (Å²) in [5, 5.41) is 0.